The molecule has 3 nitrogen and oxygen atoms in total. The van der Waals surface area contributed by atoms with Crippen LogP contribution in [0.2, 0.25) is 0 Å². The maximum Gasteiger partial charge on any atom is 0.220 e. The maximum absolute atomic E-state index is 10.9. The summed E-state index contributed by atoms with van der Waals surface area (Å²) in [4.78, 5) is 13.2. The third-order valence-electron chi connectivity index (χ3n) is 2.09. The van der Waals surface area contributed by atoms with Crippen molar-refractivity contribution in [3.8, 4) is 0 Å². The Balaban J connectivity index is 0.00000121. The van der Waals surface area contributed by atoms with Gasteiger partial charge in [-0.25, -0.2) is 0 Å². The quantitative estimate of drug-likeness (QED) is 0.647. The fourth-order valence-electron chi connectivity index (χ4n) is 1.25. The largest absolute Gasteiger partial charge is 0.351 e. The summed E-state index contributed by atoms with van der Waals surface area (Å²) in [5, 5.41) is 2.95. The Morgan fingerprint density at radius 3 is 2.73 bits per heavy atom. The number of rotatable bonds is 3. The zero-order valence-electron chi connectivity index (χ0n) is 7.26. The van der Waals surface area contributed by atoms with Crippen LogP contribution in [0.5, 0.6) is 0 Å². The Morgan fingerprint density at radius 2 is 2.27 bits per heavy atom. The zero-order chi connectivity index (χ0) is 8.27. The van der Waals surface area contributed by atoms with E-state index in [2.05, 4.69) is 17.1 Å². The van der Waals surface area contributed by atoms with Gasteiger partial charge < -0.3 is 5.32 Å². The highest BCUT2D eigenvalue weighted by Crippen LogP contribution is 2.05. The van der Waals surface area contributed by atoms with Gasteiger partial charge in [-0.15, -0.1) is 0 Å². The summed E-state index contributed by atoms with van der Waals surface area (Å²) in [6, 6.07) is 0.419. The van der Waals surface area contributed by atoms with Gasteiger partial charge >= 0.3 is 0 Å². The third kappa shape index (κ3) is 2.19. The molecule has 0 bridgehead atoms. The van der Waals surface area contributed by atoms with Gasteiger partial charge in [-0.3, -0.25) is 9.69 Å². The molecule has 1 heterocycles. The molecule has 3 heteroatoms. The van der Waals surface area contributed by atoms with E-state index in [-0.39, 0.29) is 7.33 Å². The average molecular weight is 158 g/mol. The molecular formula is C8H18N2O. The van der Waals surface area contributed by atoms with Crippen molar-refractivity contribution in [1.82, 2.24) is 10.2 Å². The number of carbonyl (C=O) groups excluding carboxylic acids is 1. The van der Waals surface area contributed by atoms with Crippen molar-refractivity contribution in [2.45, 2.75) is 26.3 Å². The van der Waals surface area contributed by atoms with Gasteiger partial charge in [-0.2, -0.15) is 0 Å². The normalized spacial score (nSPS) is 19.5. The highest BCUT2D eigenvalue weighted by Gasteiger charge is 2.25. The van der Waals surface area contributed by atoms with Gasteiger partial charge in [0.2, 0.25) is 5.91 Å². The summed E-state index contributed by atoms with van der Waals surface area (Å²) in [5.41, 5.74) is 0. The van der Waals surface area contributed by atoms with Crippen LogP contribution < -0.4 is 5.32 Å². The Morgan fingerprint density at radius 1 is 1.64 bits per heavy atom. The molecule has 1 saturated heterocycles. The molecule has 0 unspecified atom stereocenters. The van der Waals surface area contributed by atoms with Gasteiger partial charge in [-0.1, -0.05) is 13.8 Å². The Bertz CT molecular complexity index is 146. The topological polar surface area (TPSA) is 32.3 Å². The van der Waals surface area contributed by atoms with Crippen molar-refractivity contribution in [2.75, 3.05) is 19.6 Å². The second kappa shape index (κ2) is 3.72. The smallest absolute Gasteiger partial charge is 0.220 e. The molecule has 1 N–H and O–H groups in total. The molecule has 0 saturated carbocycles. The Hall–Kier alpha value is -0.570. The summed E-state index contributed by atoms with van der Waals surface area (Å²) in [7, 11) is 0. The molecule has 1 aliphatic rings. The molecule has 1 amide bonds. The number of hydrogen-bond donors (Lipinski definition) is 1. The molecule has 1 fully saturated rings. The highest BCUT2D eigenvalue weighted by molar-refractivity contribution is 5.75. The van der Waals surface area contributed by atoms with Crippen LogP contribution in [-0.4, -0.2) is 36.5 Å². The lowest BCUT2D eigenvalue weighted by Crippen LogP contribution is -2.58. The SMILES string of the molecule is CCC(=O)NC1CN(CC)C1.[HH]. The summed E-state index contributed by atoms with van der Waals surface area (Å²) in [6.07, 6.45) is 0.600. The van der Waals surface area contributed by atoms with Crippen LogP contribution in [0.3, 0.4) is 0 Å². The van der Waals surface area contributed by atoms with Crippen LogP contribution in [0.15, 0.2) is 0 Å². The second-order valence-electron chi connectivity index (χ2n) is 2.97. The Kier molecular flexibility index (Phi) is 2.88. The van der Waals surface area contributed by atoms with Gasteiger partial charge in [0.25, 0.3) is 0 Å². The summed E-state index contributed by atoms with van der Waals surface area (Å²) in [6.45, 7) is 7.17. The molecule has 0 radical (unpaired) electrons. The van der Waals surface area contributed by atoms with E-state index in [0.29, 0.717) is 12.5 Å². The molecule has 0 atom stereocenters. The van der Waals surface area contributed by atoms with Gasteiger partial charge in [0, 0.05) is 20.9 Å². The fraction of sp³-hybridized carbons (Fsp3) is 0.875. The van der Waals surface area contributed by atoms with E-state index in [1.165, 1.54) is 0 Å². The van der Waals surface area contributed by atoms with Gasteiger partial charge in [-0.05, 0) is 6.54 Å². The lowest BCUT2D eigenvalue weighted by molar-refractivity contribution is -0.122. The first-order valence-electron chi connectivity index (χ1n) is 4.28. The first-order chi connectivity index (χ1) is 5.26. The van der Waals surface area contributed by atoms with E-state index < -0.39 is 0 Å². The van der Waals surface area contributed by atoms with E-state index in [0.717, 1.165) is 19.6 Å². The summed E-state index contributed by atoms with van der Waals surface area (Å²) in [5.74, 6) is 0.172. The number of amides is 1. The number of nitrogens with zero attached hydrogens (tertiary/aromatic N) is 1. The number of likely N-dealkylation sites (N-methyl/N-ethyl adjacent to an activating group) is 1. The molecule has 0 aromatic rings. The fourth-order valence-corrected chi connectivity index (χ4v) is 1.25. The molecule has 1 aliphatic heterocycles. The minimum absolute atomic E-state index is 0. The number of likely N-dealkylation sites (tertiary alicyclic amines) is 1. The van der Waals surface area contributed by atoms with Crippen LogP contribution in [-0.2, 0) is 4.79 Å². The monoisotopic (exact) mass is 158 g/mol. The number of carbonyl (C=O) groups is 1. The predicted octanol–water partition coefficient (Wildman–Crippen LogP) is 0.463. The van der Waals surface area contributed by atoms with Crippen molar-refractivity contribution in [3.05, 3.63) is 0 Å². The van der Waals surface area contributed by atoms with Gasteiger partial charge in [0.05, 0.1) is 6.04 Å². The maximum atomic E-state index is 10.9. The zero-order valence-corrected chi connectivity index (χ0v) is 7.26. The van der Waals surface area contributed by atoms with Crippen LogP contribution in [0.4, 0.5) is 0 Å². The van der Waals surface area contributed by atoms with Crippen LogP contribution in [0.25, 0.3) is 0 Å². The minimum Gasteiger partial charge on any atom is -0.351 e. The first-order valence-corrected chi connectivity index (χ1v) is 4.28. The first kappa shape index (κ1) is 8.53. The molecule has 0 aliphatic carbocycles. The van der Waals surface area contributed by atoms with Crippen molar-refractivity contribution in [1.29, 1.82) is 0 Å². The van der Waals surface area contributed by atoms with E-state index in [9.17, 15) is 4.79 Å². The summed E-state index contributed by atoms with van der Waals surface area (Å²) < 4.78 is 0. The third-order valence-corrected chi connectivity index (χ3v) is 2.09. The van der Waals surface area contributed by atoms with Crippen molar-refractivity contribution in [3.63, 3.8) is 0 Å². The van der Waals surface area contributed by atoms with Crippen LogP contribution in [0.1, 0.15) is 21.7 Å². The standard InChI is InChI=1S/C8H16N2O.H2/c1-3-8(11)9-7-5-10(4-2)6-7;/h7H,3-6H2,1-2H3,(H,9,11);1H. The molecule has 0 aromatic carbocycles. The number of hydrogen-bond acceptors (Lipinski definition) is 2. The van der Waals surface area contributed by atoms with E-state index >= 15 is 0 Å². The number of nitrogens with one attached hydrogen (secondary N) is 1. The lowest BCUT2D eigenvalue weighted by Gasteiger charge is -2.38. The Labute approximate surface area is 69.2 Å². The molecule has 66 valence electrons. The van der Waals surface area contributed by atoms with E-state index in [1.54, 1.807) is 0 Å². The van der Waals surface area contributed by atoms with Crippen molar-refractivity contribution in [2.24, 2.45) is 0 Å². The molecule has 0 aromatic heterocycles. The predicted molar refractivity (Wildman–Crippen MR) is 46.4 cm³/mol. The molecular weight excluding hydrogens is 140 g/mol. The molecule has 0 spiro atoms. The molecule has 1 rings (SSSR count). The van der Waals surface area contributed by atoms with Crippen molar-refractivity contribution >= 4 is 5.91 Å². The van der Waals surface area contributed by atoms with Crippen LogP contribution >= 0.6 is 0 Å². The van der Waals surface area contributed by atoms with E-state index in [1.807, 2.05) is 6.92 Å². The second-order valence-corrected chi connectivity index (χ2v) is 2.97. The van der Waals surface area contributed by atoms with Gasteiger partial charge in [0.15, 0.2) is 0 Å². The lowest BCUT2D eigenvalue weighted by atomic mass is 10.1. The minimum atomic E-state index is 0. The summed E-state index contributed by atoms with van der Waals surface area (Å²) >= 11 is 0. The average Bonchev–Trinajstić information content (AvgIpc) is 1.95. The van der Waals surface area contributed by atoms with E-state index in [4.69, 9.17) is 0 Å². The van der Waals surface area contributed by atoms with Crippen molar-refractivity contribution < 1.29 is 6.22 Å². The highest BCUT2D eigenvalue weighted by atomic mass is 16.1. The molecule has 11 heavy (non-hydrogen) atoms. The van der Waals surface area contributed by atoms with Gasteiger partial charge in [0.1, 0.15) is 0 Å². The van der Waals surface area contributed by atoms with Crippen LogP contribution in [0, 0.1) is 0 Å².